The van der Waals surface area contributed by atoms with E-state index in [2.05, 4.69) is 30.9 Å². The van der Waals surface area contributed by atoms with Gasteiger partial charge in [0.25, 0.3) is 0 Å². The number of ether oxygens (including phenoxy) is 1. The quantitative estimate of drug-likeness (QED) is 0.599. The number of rotatable bonds is 7. The summed E-state index contributed by atoms with van der Waals surface area (Å²) in [7, 11) is 0. The lowest BCUT2D eigenvalue weighted by atomic mass is 9.95. The van der Waals surface area contributed by atoms with Crippen LogP contribution in [0.1, 0.15) is 29.5 Å². The summed E-state index contributed by atoms with van der Waals surface area (Å²) in [6.45, 7) is 0.945. The van der Waals surface area contributed by atoms with E-state index >= 15 is 0 Å². The van der Waals surface area contributed by atoms with Crippen LogP contribution in [-0.4, -0.2) is 30.5 Å². The first kappa shape index (κ1) is 22.6. The third-order valence-corrected chi connectivity index (χ3v) is 5.79. The van der Waals surface area contributed by atoms with Gasteiger partial charge in [0.15, 0.2) is 0 Å². The second-order valence-corrected chi connectivity index (χ2v) is 8.40. The van der Waals surface area contributed by atoms with Crippen LogP contribution in [0, 0.1) is 18.7 Å². The largest absolute Gasteiger partial charge is 0.434 e. The Morgan fingerprint density at radius 3 is 2.63 bits per heavy atom. The molecule has 30 heavy (non-hydrogen) atoms. The minimum Gasteiger partial charge on any atom is -0.434 e. The average molecular weight is 485 g/mol. The Labute approximate surface area is 182 Å². The molecule has 1 aliphatic heterocycles. The van der Waals surface area contributed by atoms with E-state index in [1.54, 1.807) is 31.2 Å². The summed E-state index contributed by atoms with van der Waals surface area (Å²) in [6.07, 6.45) is 1.35. The normalized spacial score (nSPS) is 15.4. The molecular formula is C22H24BrF3N2O2. The second kappa shape index (κ2) is 10.3. The highest BCUT2D eigenvalue weighted by Crippen LogP contribution is 2.28. The van der Waals surface area contributed by atoms with E-state index in [1.165, 1.54) is 12.1 Å². The van der Waals surface area contributed by atoms with Gasteiger partial charge in [-0.1, -0.05) is 28.1 Å². The van der Waals surface area contributed by atoms with Crippen molar-refractivity contribution in [2.24, 2.45) is 5.92 Å². The number of likely N-dealkylation sites (tertiary alicyclic amines) is 1. The van der Waals surface area contributed by atoms with Crippen molar-refractivity contribution in [3.8, 4) is 5.75 Å². The van der Waals surface area contributed by atoms with Gasteiger partial charge in [-0.05, 0) is 68.2 Å². The van der Waals surface area contributed by atoms with E-state index in [0.29, 0.717) is 50.1 Å². The van der Waals surface area contributed by atoms with Gasteiger partial charge in [0.2, 0.25) is 5.91 Å². The molecule has 2 aromatic carbocycles. The fraction of sp³-hybridized carbons (Fsp3) is 0.409. The van der Waals surface area contributed by atoms with Crippen LogP contribution in [0.15, 0.2) is 40.9 Å². The number of nitrogens with one attached hydrogen (secondary N) is 1. The zero-order valence-electron chi connectivity index (χ0n) is 16.6. The van der Waals surface area contributed by atoms with Gasteiger partial charge in [-0.15, -0.1) is 0 Å². The molecule has 4 nitrogen and oxygen atoms in total. The Kier molecular flexibility index (Phi) is 7.77. The number of benzene rings is 2. The highest BCUT2D eigenvalue weighted by molar-refractivity contribution is 9.10. The van der Waals surface area contributed by atoms with Gasteiger partial charge >= 0.3 is 6.61 Å². The van der Waals surface area contributed by atoms with Crippen LogP contribution in [0.25, 0.3) is 0 Å². The summed E-state index contributed by atoms with van der Waals surface area (Å²) in [4.78, 5) is 14.6. The van der Waals surface area contributed by atoms with E-state index in [0.717, 1.165) is 10.0 Å². The Morgan fingerprint density at radius 1 is 1.23 bits per heavy atom. The SMILES string of the molecule is Cc1ccc(CNC(=O)C2CCN(Cc3cc(Br)ccc3OC(F)F)CC2)cc1F. The van der Waals surface area contributed by atoms with Crippen LogP contribution in [0.5, 0.6) is 5.75 Å². The first-order valence-electron chi connectivity index (χ1n) is 9.80. The molecule has 0 bridgehead atoms. The number of halogens is 4. The molecule has 0 unspecified atom stereocenters. The Balaban J connectivity index is 1.50. The fourth-order valence-electron chi connectivity index (χ4n) is 3.56. The summed E-state index contributed by atoms with van der Waals surface area (Å²) in [5, 5.41) is 2.88. The molecule has 0 radical (unpaired) electrons. The Morgan fingerprint density at radius 2 is 1.97 bits per heavy atom. The molecule has 2 aromatic rings. The molecule has 0 aromatic heterocycles. The molecule has 162 valence electrons. The van der Waals surface area contributed by atoms with Gasteiger partial charge in [-0.25, -0.2) is 4.39 Å². The predicted molar refractivity (Wildman–Crippen MR) is 112 cm³/mol. The third kappa shape index (κ3) is 6.22. The molecule has 0 spiro atoms. The number of nitrogens with zero attached hydrogens (tertiary/aromatic N) is 1. The minimum atomic E-state index is -2.87. The Hall–Kier alpha value is -2.06. The molecule has 0 atom stereocenters. The van der Waals surface area contributed by atoms with Gasteiger partial charge in [0.05, 0.1) is 0 Å². The van der Waals surface area contributed by atoms with E-state index < -0.39 is 6.61 Å². The number of carbonyl (C=O) groups is 1. The molecule has 8 heteroatoms. The molecule has 0 aliphatic carbocycles. The third-order valence-electron chi connectivity index (χ3n) is 5.29. The number of hydrogen-bond acceptors (Lipinski definition) is 3. The maximum atomic E-state index is 13.6. The number of piperidine rings is 1. The zero-order valence-corrected chi connectivity index (χ0v) is 18.2. The zero-order chi connectivity index (χ0) is 21.7. The summed E-state index contributed by atoms with van der Waals surface area (Å²) in [5.74, 6) is -0.271. The van der Waals surface area contributed by atoms with E-state index in [9.17, 15) is 18.0 Å². The average Bonchev–Trinajstić information content (AvgIpc) is 2.71. The summed E-state index contributed by atoms with van der Waals surface area (Å²) < 4.78 is 44.3. The molecule has 1 saturated heterocycles. The summed E-state index contributed by atoms with van der Waals surface area (Å²) >= 11 is 3.36. The number of hydrogen-bond donors (Lipinski definition) is 1. The second-order valence-electron chi connectivity index (χ2n) is 7.48. The smallest absolute Gasteiger partial charge is 0.387 e. The van der Waals surface area contributed by atoms with Crippen LogP contribution in [0.3, 0.4) is 0 Å². The van der Waals surface area contributed by atoms with E-state index in [-0.39, 0.29) is 23.4 Å². The van der Waals surface area contributed by atoms with Crippen molar-refractivity contribution < 1.29 is 22.7 Å². The van der Waals surface area contributed by atoms with Crippen LogP contribution in [0.4, 0.5) is 13.2 Å². The van der Waals surface area contributed by atoms with Gasteiger partial charge in [-0.3, -0.25) is 9.69 Å². The van der Waals surface area contributed by atoms with Gasteiger partial charge in [-0.2, -0.15) is 8.78 Å². The molecule has 0 saturated carbocycles. The number of carbonyl (C=O) groups excluding carboxylic acids is 1. The maximum absolute atomic E-state index is 13.6. The van der Waals surface area contributed by atoms with Gasteiger partial charge < -0.3 is 10.1 Å². The van der Waals surface area contributed by atoms with Crippen molar-refractivity contribution in [2.75, 3.05) is 13.1 Å². The standard InChI is InChI=1S/C22H24BrF3N2O2/c1-14-2-3-15(10-19(14)24)12-27-21(29)16-6-8-28(9-7-16)13-17-11-18(23)4-5-20(17)30-22(25)26/h2-5,10-11,16,22H,6-9,12-13H2,1H3,(H,27,29). The number of alkyl halides is 2. The van der Waals surface area contributed by atoms with Crippen molar-refractivity contribution in [2.45, 2.75) is 39.5 Å². The van der Waals surface area contributed by atoms with Gasteiger partial charge in [0, 0.05) is 29.0 Å². The Bertz CT molecular complexity index is 887. The van der Waals surface area contributed by atoms with Crippen LogP contribution in [-0.2, 0) is 17.9 Å². The molecule has 1 N–H and O–H groups in total. The fourth-order valence-corrected chi connectivity index (χ4v) is 3.97. The first-order chi connectivity index (χ1) is 14.3. The van der Waals surface area contributed by atoms with Crippen LogP contribution >= 0.6 is 15.9 Å². The number of amides is 1. The molecule has 3 rings (SSSR count). The van der Waals surface area contributed by atoms with Gasteiger partial charge in [0.1, 0.15) is 11.6 Å². The highest BCUT2D eigenvalue weighted by Gasteiger charge is 2.25. The molecule has 1 amide bonds. The van der Waals surface area contributed by atoms with Crippen LogP contribution < -0.4 is 10.1 Å². The van der Waals surface area contributed by atoms with Crippen LogP contribution in [0.2, 0.25) is 0 Å². The van der Waals surface area contributed by atoms with E-state index in [4.69, 9.17) is 0 Å². The monoisotopic (exact) mass is 484 g/mol. The molecule has 1 heterocycles. The van der Waals surface area contributed by atoms with Crippen molar-refractivity contribution >= 4 is 21.8 Å². The lowest BCUT2D eigenvalue weighted by Crippen LogP contribution is -2.40. The van der Waals surface area contributed by atoms with Crippen molar-refractivity contribution in [3.05, 3.63) is 63.4 Å². The van der Waals surface area contributed by atoms with Crippen molar-refractivity contribution in [1.29, 1.82) is 0 Å². The predicted octanol–water partition coefficient (Wildman–Crippen LogP) is 5.03. The van der Waals surface area contributed by atoms with Crippen molar-refractivity contribution in [1.82, 2.24) is 10.2 Å². The molecule has 1 aliphatic rings. The summed E-state index contributed by atoms with van der Waals surface area (Å²) in [5.41, 5.74) is 1.98. The number of aryl methyl sites for hydroxylation is 1. The highest BCUT2D eigenvalue weighted by atomic mass is 79.9. The summed E-state index contributed by atoms with van der Waals surface area (Å²) in [6, 6.07) is 9.91. The lowest BCUT2D eigenvalue weighted by molar-refractivity contribution is -0.126. The van der Waals surface area contributed by atoms with E-state index in [1.807, 2.05) is 0 Å². The van der Waals surface area contributed by atoms with Crippen molar-refractivity contribution in [3.63, 3.8) is 0 Å². The lowest BCUT2D eigenvalue weighted by Gasteiger charge is -2.31. The topological polar surface area (TPSA) is 41.6 Å². The minimum absolute atomic E-state index is 0.0418. The molecular weight excluding hydrogens is 461 g/mol. The maximum Gasteiger partial charge on any atom is 0.387 e. The molecule has 1 fully saturated rings. The first-order valence-corrected chi connectivity index (χ1v) is 10.6.